The summed E-state index contributed by atoms with van der Waals surface area (Å²) in [5, 5.41) is 3.67. The van der Waals surface area contributed by atoms with Crippen LogP contribution < -0.4 is 5.32 Å². The zero-order chi connectivity index (χ0) is 13.5. The highest BCUT2D eigenvalue weighted by Crippen LogP contribution is 2.23. The predicted molar refractivity (Wildman–Crippen MR) is 83.5 cm³/mol. The quantitative estimate of drug-likeness (QED) is 0.745. The minimum Gasteiger partial charge on any atom is -0.311 e. The Morgan fingerprint density at radius 2 is 2.05 bits per heavy atom. The molecule has 1 nitrogen and oxygen atoms in total. The van der Waals surface area contributed by atoms with E-state index >= 15 is 0 Å². The van der Waals surface area contributed by atoms with E-state index < -0.39 is 0 Å². The molecule has 0 saturated heterocycles. The topological polar surface area (TPSA) is 12.0 Å². The Hall–Kier alpha value is -1.08. The molecule has 1 aliphatic rings. The van der Waals surface area contributed by atoms with Crippen molar-refractivity contribution in [3.8, 4) is 0 Å². The summed E-state index contributed by atoms with van der Waals surface area (Å²) in [6.45, 7) is 5.50. The molecule has 1 atom stereocenters. The first-order valence-electron chi connectivity index (χ1n) is 7.78. The second-order valence-electron chi connectivity index (χ2n) is 5.60. The molecule has 0 heterocycles. The van der Waals surface area contributed by atoms with Crippen LogP contribution in [0.2, 0.25) is 0 Å². The number of hydrogen-bond acceptors (Lipinski definition) is 1. The lowest BCUT2D eigenvalue weighted by atomic mass is 9.90. The summed E-state index contributed by atoms with van der Waals surface area (Å²) in [4.78, 5) is 0. The molecule has 1 aliphatic carbocycles. The van der Waals surface area contributed by atoms with E-state index in [0.717, 1.165) is 6.54 Å². The van der Waals surface area contributed by atoms with Crippen LogP contribution in [0.5, 0.6) is 0 Å². The van der Waals surface area contributed by atoms with Crippen LogP contribution in [0.4, 0.5) is 0 Å². The molecule has 0 aromatic heterocycles. The van der Waals surface area contributed by atoms with Crippen molar-refractivity contribution in [3.63, 3.8) is 0 Å². The van der Waals surface area contributed by atoms with Crippen LogP contribution in [0, 0.1) is 6.92 Å². The van der Waals surface area contributed by atoms with Crippen LogP contribution in [-0.2, 0) is 6.42 Å². The molecule has 1 unspecified atom stereocenters. The van der Waals surface area contributed by atoms with Gasteiger partial charge in [-0.05, 0) is 63.1 Å². The number of nitrogens with one attached hydrogen (secondary N) is 1. The van der Waals surface area contributed by atoms with E-state index in [1.807, 2.05) is 0 Å². The lowest BCUT2D eigenvalue weighted by Gasteiger charge is -2.24. The number of aryl methyl sites for hydroxylation is 2. The zero-order valence-corrected chi connectivity index (χ0v) is 12.4. The second kappa shape index (κ2) is 7.49. The average molecular weight is 257 g/mol. The van der Waals surface area contributed by atoms with Crippen molar-refractivity contribution in [2.24, 2.45) is 0 Å². The highest BCUT2D eigenvalue weighted by atomic mass is 14.9. The summed E-state index contributed by atoms with van der Waals surface area (Å²) < 4.78 is 0. The maximum Gasteiger partial charge on any atom is 0.0282 e. The molecule has 0 amide bonds. The zero-order valence-electron chi connectivity index (χ0n) is 12.4. The molecule has 1 aromatic carbocycles. The molecule has 19 heavy (non-hydrogen) atoms. The molecule has 2 rings (SSSR count). The number of benzene rings is 1. The van der Waals surface area contributed by atoms with Gasteiger partial charge in [-0.15, -0.1) is 0 Å². The van der Waals surface area contributed by atoms with Crippen molar-refractivity contribution < 1.29 is 0 Å². The smallest absolute Gasteiger partial charge is 0.0282 e. The minimum absolute atomic E-state index is 0.588. The third-order valence-electron chi connectivity index (χ3n) is 4.19. The first kappa shape index (κ1) is 14.3. The van der Waals surface area contributed by atoms with E-state index in [4.69, 9.17) is 0 Å². The standard InChI is InChI=1S/C18H27N/c1-3-19-18(17-11-5-4-6-12-17)14-13-16-10-8-7-9-15(16)2/h7-11,18-19H,3-6,12-14H2,1-2H3. The third-order valence-corrected chi connectivity index (χ3v) is 4.19. The fourth-order valence-corrected chi connectivity index (χ4v) is 3.03. The van der Waals surface area contributed by atoms with E-state index in [0.29, 0.717) is 6.04 Å². The molecule has 0 aliphatic heterocycles. The van der Waals surface area contributed by atoms with Crippen molar-refractivity contribution in [2.75, 3.05) is 6.54 Å². The molecule has 0 radical (unpaired) electrons. The van der Waals surface area contributed by atoms with Crippen LogP contribution in [0.25, 0.3) is 0 Å². The maximum atomic E-state index is 3.67. The van der Waals surface area contributed by atoms with E-state index in [1.54, 1.807) is 5.57 Å². The lowest BCUT2D eigenvalue weighted by molar-refractivity contribution is 0.514. The fraction of sp³-hybridized carbons (Fsp3) is 0.556. The molecule has 104 valence electrons. The Balaban J connectivity index is 1.97. The van der Waals surface area contributed by atoms with Crippen molar-refractivity contribution in [2.45, 2.75) is 58.4 Å². The van der Waals surface area contributed by atoms with Gasteiger partial charge in [0.25, 0.3) is 0 Å². The van der Waals surface area contributed by atoms with Gasteiger partial charge in [0.15, 0.2) is 0 Å². The van der Waals surface area contributed by atoms with Gasteiger partial charge in [-0.25, -0.2) is 0 Å². The van der Waals surface area contributed by atoms with Crippen molar-refractivity contribution in [3.05, 3.63) is 47.0 Å². The monoisotopic (exact) mass is 257 g/mol. The Kier molecular flexibility index (Phi) is 5.65. The number of allylic oxidation sites excluding steroid dienone is 1. The first-order chi connectivity index (χ1) is 9.31. The molecule has 1 N–H and O–H groups in total. The molecule has 1 heteroatoms. The first-order valence-corrected chi connectivity index (χ1v) is 7.78. The van der Waals surface area contributed by atoms with Gasteiger partial charge >= 0.3 is 0 Å². The van der Waals surface area contributed by atoms with Crippen LogP contribution in [-0.4, -0.2) is 12.6 Å². The van der Waals surface area contributed by atoms with Crippen molar-refractivity contribution in [1.82, 2.24) is 5.32 Å². The summed E-state index contributed by atoms with van der Waals surface area (Å²) in [7, 11) is 0. The third kappa shape index (κ3) is 4.21. The van der Waals surface area contributed by atoms with E-state index in [9.17, 15) is 0 Å². The highest BCUT2D eigenvalue weighted by Gasteiger charge is 2.15. The Bertz CT molecular complexity index is 419. The van der Waals surface area contributed by atoms with Crippen LogP contribution in [0.1, 0.15) is 50.2 Å². The molecule has 0 fully saturated rings. The Labute approximate surface area is 118 Å². The van der Waals surface area contributed by atoms with Crippen molar-refractivity contribution >= 4 is 0 Å². The molecule has 0 bridgehead atoms. The van der Waals surface area contributed by atoms with E-state index in [1.165, 1.54) is 49.7 Å². The summed E-state index contributed by atoms with van der Waals surface area (Å²) in [6, 6.07) is 9.37. The lowest BCUT2D eigenvalue weighted by Crippen LogP contribution is -2.32. The van der Waals surface area contributed by atoms with Crippen LogP contribution in [0.3, 0.4) is 0 Å². The van der Waals surface area contributed by atoms with Gasteiger partial charge in [0, 0.05) is 6.04 Å². The molecule has 0 saturated carbocycles. The highest BCUT2D eigenvalue weighted by molar-refractivity contribution is 5.26. The summed E-state index contributed by atoms with van der Waals surface area (Å²) in [5.74, 6) is 0. The van der Waals surface area contributed by atoms with E-state index in [-0.39, 0.29) is 0 Å². The molecule has 1 aromatic rings. The normalized spacial score (nSPS) is 17.1. The number of likely N-dealkylation sites (N-methyl/N-ethyl adjacent to an activating group) is 1. The van der Waals surface area contributed by atoms with Gasteiger partial charge in [0.2, 0.25) is 0 Å². The largest absolute Gasteiger partial charge is 0.311 e. The SMILES string of the molecule is CCNC(CCc1ccccc1C)C1=CCCCC1. The van der Waals surface area contributed by atoms with Gasteiger partial charge in [0.1, 0.15) is 0 Å². The van der Waals surface area contributed by atoms with E-state index in [2.05, 4.69) is 49.5 Å². The fourth-order valence-electron chi connectivity index (χ4n) is 3.03. The van der Waals surface area contributed by atoms with Crippen molar-refractivity contribution in [1.29, 1.82) is 0 Å². The molecular formula is C18H27N. The van der Waals surface area contributed by atoms with Crippen LogP contribution in [0.15, 0.2) is 35.9 Å². The summed E-state index contributed by atoms with van der Waals surface area (Å²) >= 11 is 0. The summed E-state index contributed by atoms with van der Waals surface area (Å²) in [5.41, 5.74) is 4.58. The average Bonchev–Trinajstić information content (AvgIpc) is 2.46. The van der Waals surface area contributed by atoms with Gasteiger partial charge in [-0.2, -0.15) is 0 Å². The Morgan fingerprint density at radius 3 is 2.74 bits per heavy atom. The number of hydrogen-bond donors (Lipinski definition) is 1. The predicted octanol–water partition coefficient (Wildman–Crippen LogP) is 4.41. The van der Waals surface area contributed by atoms with Gasteiger partial charge in [-0.3, -0.25) is 0 Å². The minimum atomic E-state index is 0.588. The second-order valence-corrected chi connectivity index (χ2v) is 5.60. The van der Waals surface area contributed by atoms with Gasteiger partial charge in [0.05, 0.1) is 0 Å². The molecular weight excluding hydrogens is 230 g/mol. The number of rotatable bonds is 6. The van der Waals surface area contributed by atoms with Gasteiger partial charge < -0.3 is 5.32 Å². The molecule has 0 spiro atoms. The van der Waals surface area contributed by atoms with Crippen LogP contribution >= 0.6 is 0 Å². The Morgan fingerprint density at radius 1 is 1.21 bits per heavy atom. The summed E-state index contributed by atoms with van der Waals surface area (Å²) in [6.07, 6.45) is 10.2. The van der Waals surface area contributed by atoms with Gasteiger partial charge in [-0.1, -0.05) is 42.8 Å². The maximum absolute atomic E-state index is 3.67.